The molecule has 0 radical (unpaired) electrons. The monoisotopic (exact) mass is 246 g/mol. The van der Waals surface area contributed by atoms with Gasteiger partial charge in [0.05, 0.1) is 18.6 Å². The Bertz CT molecular complexity index is 563. The highest BCUT2D eigenvalue weighted by Gasteiger charge is 2.20. The molecular weight excluding hydrogens is 232 g/mol. The van der Waals surface area contributed by atoms with Gasteiger partial charge in [0.2, 0.25) is 11.7 Å². The fraction of sp³-hybridized carbons (Fsp3) is 0.308. The third-order valence-electron chi connectivity index (χ3n) is 2.77. The van der Waals surface area contributed by atoms with E-state index in [1.54, 1.807) is 14.0 Å². The maximum absolute atomic E-state index is 11.3. The highest BCUT2D eigenvalue weighted by molar-refractivity contribution is 5.81. The number of carbonyl (C=O) groups is 1. The molecule has 5 nitrogen and oxygen atoms in total. The molecule has 1 atom stereocenters. The highest BCUT2D eigenvalue weighted by Crippen LogP contribution is 2.28. The summed E-state index contributed by atoms with van der Waals surface area (Å²) < 4.78 is 10.3. The summed E-state index contributed by atoms with van der Waals surface area (Å²) in [6, 6.07) is 7.38. The van der Waals surface area contributed by atoms with Gasteiger partial charge in [-0.2, -0.15) is 4.98 Å². The Morgan fingerprint density at radius 1 is 1.39 bits per heavy atom. The van der Waals surface area contributed by atoms with Gasteiger partial charge in [-0.25, -0.2) is 0 Å². The van der Waals surface area contributed by atoms with E-state index in [1.165, 1.54) is 6.92 Å². The number of para-hydroxylation sites is 1. The number of nitrogens with zero attached hydrogens (tertiary/aromatic N) is 2. The first-order valence-electron chi connectivity index (χ1n) is 5.61. The minimum atomic E-state index is -0.388. The average Bonchev–Trinajstić information content (AvgIpc) is 2.87. The van der Waals surface area contributed by atoms with Crippen molar-refractivity contribution >= 4 is 5.78 Å². The molecule has 18 heavy (non-hydrogen) atoms. The zero-order valence-corrected chi connectivity index (χ0v) is 10.5. The summed E-state index contributed by atoms with van der Waals surface area (Å²) in [5.41, 5.74) is 0.741. The molecule has 2 rings (SSSR count). The molecule has 0 bridgehead atoms. The zero-order valence-electron chi connectivity index (χ0n) is 10.5. The van der Waals surface area contributed by atoms with Crippen LogP contribution in [0, 0.1) is 0 Å². The van der Waals surface area contributed by atoms with Crippen molar-refractivity contribution < 1.29 is 14.1 Å². The molecule has 1 aromatic heterocycles. The Balaban J connectivity index is 2.38. The van der Waals surface area contributed by atoms with Crippen LogP contribution < -0.4 is 4.74 Å². The number of ketones is 1. The van der Waals surface area contributed by atoms with Crippen molar-refractivity contribution in [2.24, 2.45) is 0 Å². The van der Waals surface area contributed by atoms with Gasteiger partial charge in [-0.15, -0.1) is 0 Å². The summed E-state index contributed by atoms with van der Waals surface area (Å²) >= 11 is 0. The summed E-state index contributed by atoms with van der Waals surface area (Å²) in [4.78, 5) is 15.5. The van der Waals surface area contributed by atoms with Crippen LogP contribution in [0.5, 0.6) is 5.75 Å². The van der Waals surface area contributed by atoms with Crippen LogP contribution in [0.15, 0.2) is 28.8 Å². The third-order valence-corrected chi connectivity index (χ3v) is 2.77. The van der Waals surface area contributed by atoms with Crippen molar-refractivity contribution in [2.45, 2.75) is 19.8 Å². The first-order valence-corrected chi connectivity index (χ1v) is 5.61. The second-order valence-electron chi connectivity index (χ2n) is 3.99. The molecule has 0 saturated heterocycles. The van der Waals surface area contributed by atoms with Gasteiger partial charge in [0.15, 0.2) is 0 Å². The number of ether oxygens (including phenoxy) is 1. The van der Waals surface area contributed by atoms with Gasteiger partial charge in [0.1, 0.15) is 11.5 Å². The molecule has 0 amide bonds. The topological polar surface area (TPSA) is 65.2 Å². The predicted octanol–water partition coefficient (Wildman–Crippen LogP) is 2.44. The van der Waals surface area contributed by atoms with E-state index < -0.39 is 0 Å². The van der Waals surface area contributed by atoms with E-state index in [-0.39, 0.29) is 11.7 Å². The molecule has 0 fully saturated rings. The average molecular weight is 246 g/mol. The van der Waals surface area contributed by atoms with Crippen LogP contribution in [0.4, 0.5) is 0 Å². The van der Waals surface area contributed by atoms with E-state index >= 15 is 0 Å². The van der Waals surface area contributed by atoms with Crippen molar-refractivity contribution in [3.63, 3.8) is 0 Å². The Kier molecular flexibility index (Phi) is 3.41. The van der Waals surface area contributed by atoms with Crippen LogP contribution in [-0.2, 0) is 4.79 Å². The summed E-state index contributed by atoms with van der Waals surface area (Å²) in [6.45, 7) is 3.24. The summed E-state index contributed by atoms with van der Waals surface area (Å²) in [7, 11) is 1.58. The molecule has 0 N–H and O–H groups in total. The molecule has 94 valence electrons. The van der Waals surface area contributed by atoms with Crippen LogP contribution in [-0.4, -0.2) is 23.0 Å². The van der Waals surface area contributed by atoms with Gasteiger partial charge < -0.3 is 9.26 Å². The maximum Gasteiger partial charge on any atom is 0.237 e. The molecule has 0 aliphatic carbocycles. The predicted molar refractivity (Wildman–Crippen MR) is 65.4 cm³/mol. The Hall–Kier alpha value is -2.17. The van der Waals surface area contributed by atoms with Crippen LogP contribution in [0.25, 0.3) is 11.4 Å². The lowest BCUT2D eigenvalue weighted by Gasteiger charge is -2.03. The Morgan fingerprint density at radius 2 is 2.11 bits per heavy atom. The Morgan fingerprint density at radius 3 is 2.78 bits per heavy atom. The third kappa shape index (κ3) is 2.25. The minimum absolute atomic E-state index is 0.00905. The molecule has 1 heterocycles. The minimum Gasteiger partial charge on any atom is -0.496 e. The second kappa shape index (κ2) is 5.00. The number of hydrogen-bond acceptors (Lipinski definition) is 5. The van der Waals surface area contributed by atoms with Crippen molar-refractivity contribution in [2.75, 3.05) is 7.11 Å². The van der Waals surface area contributed by atoms with E-state index in [4.69, 9.17) is 9.26 Å². The van der Waals surface area contributed by atoms with E-state index in [1.807, 2.05) is 24.3 Å². The molecule has 0 aliphatic heterocycles. The van der Waals surface area contributed by atoms with Gasteiger partial charge in [-0.1, -0.05) is 17.3 Å². The largest absolute Gasteiger partial charge is 0.496 e. The van der Waals surface area contributed by atoms with Crippen LogP contribution in [0.3, 0.4) is 0 Å². The molecule has 1 aromatic carbocycles. The smallest absolute Gasteiger partial charge is 0.237 e. The molecule has 5 heteroatoms. The number of benzene rings is 1. The molecule has 0 spiro atoms. The normalized spacial score (nSPS) is 12.2. The van der Waals surface area contributed by atoms with Gasteiger partial charge in [0.25, 0.3) is 0 Å². The molecule has 0 saturated carbocycles. The van der Waals surface area contributed by atoms with Gasteiger partial charge in [-0.3, -0.25) is 4.79 Å². The van der Waals surface area contributed by atoms with Crippen LogP contribution >= 0.6 is 0 Å². The number of carbonyl (C=O) groups excluding carboxylic acids is 1. The van der Waals surface area contributed by atoms with Crippen LogP contribution in [0.2, 0.25) is 0 Å². The fourth-order valence-corrected chi connectivity index (χ4v) is 1.52. The molecule has 2 aromatic rings. The molecule has 0 aliphatic rings. The standard InChI is InChI=1S/C13H14N2O3/c1-8(9(2)16)13-14-12(15-18-13)10-6-4-5-7-11(10)17-3/h4-8H,1-3H3. The summed E-state index contributed by atoms with van der Waals surface area (Å²) in [6.07, 6.45) is 0. The lowest BCUT2D eigenvalue weighted by Crippen LogP contribution is -2.04. The number of hydrogen-bond donors (Lipinski definition) is 0. The van der Waals surface area contributed by atoms with E-state index in [9.17, 15) is 4.79 Å². The maximum atomic E-state index is 11.3. The van der Waals surface area contributed by atoms with E-state index in [0.717, 1.165) is 5.56 Å². The highest BCUT2D eigenvalue weighted by atomic mass is 16.5. The number of rotatable bonds is 4. The van der Waals surface area contributed by atoms with Crippen molar-refractivity contribution in [3.05, 3.63) is 30.2 Å². The lowest BCUT2D eigenvalue weighted by atomic mass is 10.1. The van der Waals surface area contributed by atoms with E-state index in [0.29, 0.717) is 17.5 Å². The Labute approximate surface area is 105 Å². The number of aromatic nitrogens is 2. The van der Waals surface area contributed by atoms with Crippen molar-refractivity contribution in [3.8, 4) is 17.1 Å². The van der Waals surface area contributed by atoms with Crippen LogP contribution in [0.1, 0.15) is 25.7 Å². The lowest BCUT2D eigenvalue weighted by molar-refractivity contribution is -0.118. The van der Waals surface area contributed by atoms with Gasteiger partial charge in [-0.05, 0) is 26.0 Å². The fourth-order valence-electron chi connectivity index (χ4n) is 1.52. The van der Waals surface area contributed by atoms with Gasteiger partial charge in [0, 0.05) is 0 Å². The first kappa shape index (κ1) is 12.3. The number of Topliss-reactive ketones (excluding diaryl/α,β-unsaturated/α-hetero) is 1. The SMILES string of the molecule is COc1ccccc1-c1noc(C(C)C(C)=O)n1. The van der Waals surface area contributed by atoms with Gasteiger partial charge >= 0.3 is 0 Å². The molecular formula is C13H14N2O3. The summed E-state index contributed by atoms with van der Waals surface area (Å²) in [5, 5.41) is 3.88. The first-order chi connectivity index (χ1) is 8.63. The van der Waals surface area contributed by atoms with Crippen molar-refractivity contribution in [1.82, 2.24) is 10.1 Å². The summed E-state index contributed by atoms with van der Waals surface area (Å²) in [5.74, 6) is 1.02. The van der Waals surface area contributed by atoms with E-state index in [2.05, 4.69) is 10.1 Å². The molecule has 1 unspecified atom stereocenters. The number of methoxy groups -OCH3 is 1. The quantitative estimate of drug-likeness (QED) is 0.829. The van der Waals surface area contributed by atoms with Crippen molar-refractivity contribution in [1.29, 1.82) is 0 Å². The zero-order chi connectivity index (χ0) is 13.1. The second-order valence-corrected chi connectivity index (χ2v) is 3.99.